The van der Waals surface area contributed by atoms with Crippen molar-refractivity contribution in [3.63, 3.8) is 0 Å². The highest BCUT2D eigenvalue weighted by Crippen LogP contribution is 2.36. The Bertz CT molecular complexity index is 367. The molecule has 3 nitrogen and oxygen atoms in total. The average Bonchev–Trinajstić information content (AvgIpc) is 2.80. The monoisotopic (exact) mass is 285 g/mol. The molecule has 0 radical (unpaired) electrons. The summed E-state index contributed by atoms with van der Waals surface area (Å²) >= 11 is 3.78. The van der Waals surface area contributed by atoms with Crippen LogP contribution in [0.1, 0.15) is 23.5 Å². The van der Waals surface area contributed by atoms with E-state index in [0.29, 0.717) is 11.9 Å². The van der Waals surface area contributed by atoms with Gasteiger partial charge in [-0.1, -0.05) is 6.07 Å². The van der Waals surface area contributed by atoms with Crippen LogP contribution in [0, 0.1) is 0 Å². The van der Waals surface area contributed by atoms with Gasteiger partial charge in [-0.05, 0) is 24.8 Å². The largest absolute Gasteiger partial charge is 0.372 e. The fraction of sp³-hybridized carbons (Fsp3) is 0.615. The van der Waals surface area contributed by atoms with E-state index in [4.69, 9.17) is 4.74 Å². The van der Waals surface area contributed by atoms with Crippen LogP contribution in [0.25, 0.3) is 0 Å². The van der Waals surface area contributed by atoms with Crippen molar-refractivity contribution in [1.29, 1.82) is 0 Å². The van der Waals surface area contributed by atoms with Crippen molar-refractivity contribution in [2.45, 2.75) is 18.6 Å². The Hall–Kier alpha value is -0.520. The summed E-state index contributed by atoms with van der Waals surface area (Å²) in [5.41, 5.74) is 0. The Labute approximate surface area is 117 Å². The SMILES string of the molecule is CCOCC(=O)N1CCS[C@@H](c2cccs2)CC1. The van der Waals surface area contributed by atoms with Crippen LogP contribution in [0.2, 0.25) is 0 Å². The summed E-state index contributed by atoms with van der Waals surface area (Å²) in [4.78, 5) is 15.3. The highest BCUT2D eigenvalue weighted by molar-refractivity contribution is 7.99. The zero-order chi connectivity index (χ0) is 12.8. The van der Waals surface area contributed by atoms with Gasteiger partial charge in [-0.2, -0.15) is 11.8 Å². The Morgan fingerprint density at radius 3 is 3.17 bits per heavy atom. The molecule has 5 heteroatoms. The van der Waals surface area contributed by atoms with E-state index in [9.17, 15) is 4.79 Å². The van der Waals surface area contributed by atoms with Crippen molar-refractivity contribution in [3.05, 3.63) is 22.4 Å². The lowest BCUT2D eigenvalue weighted by atomic mass is 10.2. The Morgan fingerprint density at radius 2 is 2.44 bits per heavy atom. The van der Waals surface area contributed by atoms with E-state index in [1.807, 2.05) is 34.9 Å². The number of nitrogens with zero attached hydrogens (tertiary/aromatic N) is 1. The fourth-order valence-electron chi connectivity index (χ4n) is 2.00. The third kappa shape index (κ3) is 3.73. The second kappa shape index (κ2) is 7.16. The van der Waals surface area contributed by atoms with E-state index < -0.39 is 0 Å². The zero-order valence-electron chi connectivity index (χ0n) is 10.6. The second-order valence-electron chi connectivity index (χ2n) is 4.18. The lowest BCUT2D eigenvalue weighted by Gasteiger charge is -2.19. The molecule has 1 amide bonds. The summed E-state index contributed by atoms with van der Waals surface area (Å²) in [5.74, 6) is 1.14. The molecule has 0 aliphatic carbocycles. The molecule has 0 N–H and O–H groups in total. The first-order valence-electron chi connectivity index (χ1n) is 6.31. The maximum absolute atomic E-state index is 11.9. The molecule has 1 atom stereocenters. The van der Waals surface area contributed by atoms with Gasteiger partial charge in [0.05, 0.1) is 0 Å². The van der Waals surface area contributed by atoms with Gasteiger partial charge in [0.1, 0.15) is 6.61 Å². The summed E-state index contributed by atoms with van der Waals surface area (Å²) in [6, 6.07) is 4.30. The lowest BCUT2D eigenvalue weighted by molar-refractivity contribution is -0.135. The van der Waals surface area contributed by atoms with Gasteiger partial charge >= 0.3 is 0 Å². The number of thioether (sulfide) groups is 1. The molecule has 100 valence electrons. The maximum Gasteiger partial charge on any atom is 0.248 e. The number of carbonyl (C=O) groups is 1. The number of ether oxygens (including phenoxy) is 1. The average molecular weight is 285 g/mol. The van der Waals surface area contributed by atoms with Crippen LogP contribution in [0.5, 0.6) is 0 Å². The number of rotatable bonds is 4. The predicted octanol–water partition coefficient (Wildman–Crippen LogP) is 2.79. The first-order chi connectivity index (χ1) is 8.81. The third-order valence-electron chi connectivity index (χ3n) is 2.98. The van der Waals surface area contributed by atoms with E-state index in [1.54, 1.807) is 0 Å². The van der Waals surface area contributed by atoms with Gasteiger partial charge in [-0.25, -0.2) is 0 Å². The zero-order valence-corrected chi connectivity index (χ0v) is 12.3. The summed E-state index contributed by atoms with van der Waals surface area (Å²) < 4.78 is 5.19. The smallest absolute Gasteiger partial charge is 0.248 e. The van der Waals surface area contributed by atoms with Crippen molar-refractivity contribution < 1.29 is 9.53 Å². The molecule has 1 fully saturated rings. The summed E-state index contributed by atoms with van der Waals surface area (Å²) in [5, 5.41) is 2.67. The molecule has 0 unspecified atom stereocenters. The minimum Gasteiger partial charge on any atom is -0.372 e. The molecule has 2 rings (SSSR count). The van der Waals surface area contributed by atoms with Crippen molar-refractivity contribution in [3.8, 4) is 0 Å². The quantitative estimate of drug-likeness (QED) is 0.852. The topological polar surface area (TPSA) is 29.5 Å². The number of carbonyl (C=O) groups excluding carboxylic acids is 1. The molecule has 1 saturated heterocycles. The lowest BCUT2D eigenvalue weighted by Crippen LogP contribution is -2.35. The van der Waals surface area contributed by atoms with E-state index >= 15 is 0 Å². The van der Waals surface area contributed by atoms with E-state index in [2.05, 4.69) is 17.5 Å². The van der Waals surface area contributed by atoms with Crippen LogP contribution >= 0.6 is 23.1 Å². The molecule has 1 aromatic heterocycles. The fourth-order valence-corrected chi connectivity index (χ4v) is 4.24. The Morgan fingerprint density at radius 1 is 1.56 bits per heavy atom. The van der Waals surface area contributed by atoms with Crippen molar-refractivity contribution in [2.24, 2.45) is 0 Å². The third-order valence-corrected chi connectivity index (χ3v) is 5.43. The number of thiophene rings is 1. The molecule has 0 spiro atoms. The molecule has 0 bridgehead atoms. The molecular weight excluding hydrogens is 266 g/mol. The van der Waals surface area contributed by atoms with Gasteiger partial charge in [0.15, 0.2) is 0 Å². The molecule has 0 saturated carbocycles. The molecule has 1 aliphatic heterocycles. The van der Waals surface area contributed by atoms with Crippen LogP contribution in [0.4, 0.5) is 0 Å². The van der Waals surface area contributed by atoms with Crippen LogP contribution in [0.15, 0.2) is 17.5 Å². The summed E-state index contributed by atoms with van der Waals surface area (Å²) in [6.45, 7) is 4.44. The standard InChI is InChI=1S/C13H19NO2S2/c1-2-16-10-13(15)14-6-5-12(18-9-7-14)11-4-3-8-17-11/h3-4,8,12H,2,5-7,9-10H2,1H3/t12-/m1/s1. The number of hydrogen-bond acceptors (Lipinski definition) is 4. The van der Waals surface area contributed by atoms with Gasteiger partial charge < -0.3 is 9.64 Å². The van der Waals surface area contributed by atoms with Gasteiger partial charge in [0.25, 0.3) is 0 Å². The molecule has 0 aromatic carbocycles. The minimum atomic E-state index is 0.129. The number of amides is 1. The van der Waals surface area contributed by atoms with Gasteiger partial charge in [0.2, 0.25) is 5.91 Å². The molecule has 2 heterocycles. The predicted molar refractivity (Wildman–Crippen MR) is 77.2 cm³/mol. The Balaban J connectivity index is 1.86. The number of hydrogen-bond donors (Lipinski definition) is 0. The molecule has 1 aromatic rings. The van der Waals surface area contributed by atoms with Gasteiger partial charge in [0, 0.05) is 35.6 Å². The van der Waals surface area contributed by atoms with Crippen molar-refractivity contribution in [1.82, 2.24) is 4.90 Å². The van der Waals surface area contributed by atoms with E-state index in [-0.39, 0.29) is 12.5 Å². The van der Waals surface area contributed by atoms with Crippen LogP contribution in [-0.4, -0.2) is 42.9 Å². The van der Waals surface area contributed by atoms with Crippen molar-refractivity contribution in [2.75, 3.05) is 32.1 Å². The molecule has 1 aliphatic rings. The van der Waals surface area contributed by atoms with E-state index in [0.717, 1.165) is 25.3 Å². The van der Waals surface area contributed by atoms with Gasteiger partial charge in [-0.3, -0.25) is 4.79 Å². The first-order valence-corrected chi connectivity index (χ1v) is 8.24. The van der Waals surface area contributed by atoms with Gasteiger partial charge in [-0.15, -0.1) is 11.3 Å². The molecular formula is C13H19NO2S2. The van der Waals surface area contributed by atoms with Crippen molar-refractivity contribution >= 4 is 29.0 Å². The van der Waals surface area contributed by atoms with Crippen LogP contribution in [0.3, 0.4) is 0 Å². The second-order valence-corrected chi connectivity index (χ2v) is 6.47. The highest BCUT2D eigenvalue weighted by atomic mass is 32.2. The van der Waals surface area contributed by atoms with Crippen LogP contribution in [-0.2, 0) is 9.53 Å². The highest BCUT2D eigenvalue weighted by Gasteiger charge is 2.22. The summed E-state index contributed by atoms with van der Waals surface area (Å²) in [6.07, 6.45) is 1.04. The first kappa shape index (κ1) is 13.9. The maximum atomic E-state index is 11.9. The minimum absolute atomic E-state index is 0.129. The van der Waals surface area contributed by atoms with E-state index in [1.165, 1.54) is 4.88 Å². The molecule has 18 heavy (non-hydrogen) atoms. The normalized spacial score (nSPS) is 20.7. The Kier molecular flexibility index (Phi) is 5.53. The summed E-state index contributed by atoms with van der Waals surface area (Å²) in [7, 11) is 0. The van der Waals surface area contributed by atoms with Crippen LogP contribution < -0.4 is 0 Å².